The highest BCUT2D eigenvalue weighted by molar-refractivity contribution is 7.47. The Morgan fingerprint density at radius 3 is 1.77 bits per heavy atom. The van der Waals surface area contributed by atoms with Gasteiger partial charge in [0, 0.05) is 12.8 Å². The standard InChI is InChI=1S/C46H79O14P/c1-3-4-5-6-7-8-9-10-11-12-13-14-15-16-25-30-45(53)57-37-44(38-59-61(55,56)58-36-43(52)35-47)60-46(54)34-33-42(51)32-31-41(50)29-24-20-19-23-28-40(49)27-22-18-17-21-26-39(2)48/h18-24,26,28-29,31-32,39-44,47-52H,3-17,25,27,30,33-38H2,1-2H3,(H,55,56)/b20-19+,22-18+,26-21-,28-23-,29-24+,32-31+. The van der Waals surface area contributed by atoms with Crippen molar-refractivity contribution in [3.05, 3.63) is 72.9 Å². The fraction of sp³-hybridized carbons (Fsp3) is 0.696. The molecule has 7 N–H and O–H groups in total. The molecule has 0 bridgehead atoms. The lowest BCUT2D eigenvalue weighted by Gasteiger charge is -2.20. The molecule has 0 rings (SSSR count). The molecule has 0 aliphatic rings. The number of rotatable bonds is 40. The number of aliphatic hydroxyl groups is 6. The van der Waals surface area contributed by atoms with E-state index in [1.54, 1.807) is 43.4 Å². The topological polar surface area (TPSA) is 230 Å². The number of carbonyl (C=O) groups excluding carboxylic acids is 2. The fourth-order valence-electron chi connectivity index (χ4n) is 5.64. The first-order valence-corrected chi connectivity index (χ1v) is 23.8. The third kappa shape index (κ3) is 41.0. The van der Waals surface area contributed by atoms with Gasteiger partial charge in [0.2, 0.25) is 0 Å². The summed E-state index contributed by atoms with van der Waals surface area (Å²) >= 11 is 0. The van der Waals surface area contributed by atoms with E-state index in [9.17, 15) is 44.6 Å². The zero-order chi connectivity index (χ0) is 45.4. The van der Waals surface area contributed by atoms with E-state index in [-0.39, 0.29) is 19.3 Å². The van der Waals surface area contributed by atoms with Gasteiger partial charge < -0.3 is 45.0 Å². The minimum Gasteiger partial charge on any atom is -0.462 e. The molecule has 0 radical (unpaired) electrons. The van der Waals surface area contributed by atoms with E-state index in [0.717, 1.165) is 19.3 Å². The molecular formula is C46H79O14P. The summed E-state index contributed by atoms with van der Waals surface area (Å²) in [6, 6.07) is 0. The van der Waals surface area contributed by atoms with Crippen LogP contribution in [0.1, 0.15) is 142 Å². The van der Waals surface area contributed by atoms with Gasteiger partial charge in [-0.1, -0.05) is 170 Å². The minimum atomic E-state index is -4.74. The summed E-state index contributed by atoms with van der Waals surface area (Å²) in [6.07, 6.45) is 32.4. The van der Waals surface area contributed by atoms with Crippen molar-refractivity contribution < 1.29 is 68.2 Å². The van der Waals surface area contributed by atoms with Gasteiger partial charge in [-0.15, -0.1) is 0 Å². The van der Waals surface area contributed by atoms with Crippen LogP contribution in [0.2, 0.25) is 0 Å². The molecule has 7 atom stereocenters. The van der Waals surface area contributed by atoms with Gasteiger partial charge in [-0.2, -0.15) is 0 Å². The van der Waals surface area contributed by atoms with Crippen molar-refractivity contribution in [2.24, 2.45) is 0 Å². The fourth-order valence-corrected chi connectivity index (χ4v) is 6.43. The number of phosphoric acid groups is 1. The Bertz CT molecular complexity index is 1310. The molecular weight excluding hydrogens is 807 g/mol. The molecule has 0 amide bonds. The maximum absolute atomic E-state index is 12.6. The SMILES string of the molecule is CCCCCCCCCCCCCCCCCC(=O)OCC(COP(=O)(O)OCC(O)CO)OC(=O)CCC(O)/C=C/C(O)/C=C/C=C/C=C\C(O)C/C=C/C/C=C\C(C)O. The first-order valence-electron chi connectivity index (χ1n) is 22.3. The van der Waals surface area contributed by atoms with Crippen LogP contribution in [-0.4, -0.2) is 111 Å². The average Bonchev–Trinajstić information content (AvgIpc) is 3.23. The highest BCUT2D eigenvalue weighted by Crippen LogP contribution is 2.43. The van der Waals surface area contributed by atoms with E-state index in [0.29, 0.717) is 19.3 Å². The molecule has 0 fully saturated rings. The smallest absolute Gasteiger partial charge is 0.462 e. The molecule has 0 aliphatic heterocycles. The normalized spacial score (nSPS) is 16.5. The van der Waals surface area contributed by atoms with Gasteiger partial charge in [-0.05, 0) is 32.6 Å². The third-order valence-corrected chi connectivity index (χ3v) is 10.1. The Morgan fingerprint density at radius 2 is 1.18 bits per heavy atom. The number of phosphoric ester groups is 1. The first kappa shape index (κ1) is 58.2. The monoisotopic (exact) mass is 887 g/mol. The summed E-state index contributed by atoms with van der Waals surface area (Å²) < 4.78 is 32.4. The van der Waals surface area contributed by atoms with E-state index in [4.69, 9.17) is 19.1 Å². The van der Waals surface area contributed by atoms with Crippen LogP contribution in [-0.2, 0) is 32.7 Å². The second kappa shape index (κ2) is 40.1. The second-order valence-corrected chi connectivity index (χ2v) is 16.7. The lowest BCUT2D eigenvalue weighted by atomic mass is 10.0. The van der Waals surface area contributed by atoms with Crippen LogP contribution < -0.4 is 0 Å². The van der Waals surface area contributed by atoms with Gasteiger partial charge in [-0.3, -0.25) is 18.6 Å². The average molecular weight is 887 g/mol. The molecule has 0 aromatic carbocycles. The number of esters is 2. The lowest BCUT2D eigenvalue weighted by Crippen LogP contribution is -2.30. The van der Waals surface area contributed by atoms with Crippen LogP contribution in [0, 0.1) is 0 Å². The van der Waals surface area contributed by atoms with Crippen molar-refractivity contribution in [2.75, 3.05) is 26.4 Å². The Labute approximate surface area is 365 Å². The summed E-state index contributed by atoms with van der Waals surface area (Å²) in [7, 11) is -4.74. The van der Waals surface area contributed by atoms with E-state index in [2.05, 4.69) is 11.4 Å². The molecule has 0 saturated heterocycles. The van der Waals surface area contributed by atoms with Crippen molar-refractivity contribution in [3.63, 3.8) is 0 Å². The van der Waals surface area contributed by atoms with E-state index >= 15 is 0 Å². The number of allylic oxidation sites excluding steroid dienone is 6. The quantitative estimate of drug-likeness (QED) is 0.0104. The van der Waals surface area contributed by atoms with Gasteiger partial charge in [0.25, 0.3) is 0 Å². The number of carbonyl (C=O) groups is 2. The maximum atomic E-state index is 12.6. The number of unbranched alkanes of at least 4 members (excludes halogenated alkanes) is 14. The van der Waals surface area contributed by atoms with Crippen LogP contribution in [0.15, 0.2) is 72.9 Å². The molecule has 0 aliphatic carbocycles. The van der Waals surface area contributed by atoms with Gasteiger partial charge in [0.05, 0.1) is 44.2 Å². The Morgan fingerprint density at radius 1 is 0.607 bits per heavy atom. The Kier molecular flexibility index (Phi) is 38.2. The van der Waals surface area contributed by atoms with Crippen molar-refractivity contribution >= 4 is 19.8 Å². The van der Waals surface area contributed by atoms with Crippen molar-refractivity contribution in [1.29, 1.82) is 0 Å². The summed E-state index contributed by atoms with van der Waals surface area (Å²) in [5, 5.41) is 58.0. The molecule has 61 heavy (non-hydrogen) atoms. The van der Waals surface area contributed by atoms with E-state index < -0.39 is 82.8 Å². The number of aliphatic hydroxyl groups excluding tert-OH is 6. The number of hydrogen-bond donors (Lipinski definition) is 7. The molecule has 0 saturated carbocycles. The van der Waals surface area contributed by atoms with Gasteiger partial charge in [0.15, 0.2) is 6.10 Å². The Hall–Kier alpha value is -2.75. The molecule has 7 unspecified atom stereocenters. The van der Waals surface area contributed by atoms with Gasteiger partial charge in [-0.25, -0.2) is 4.57 Å². The molecule has 15 heteroatoms. The van der Waals surface area contributed by atoms with Crippen molar-refractivity contribution in [3.8, 4) is 0 Å². The maximum Gasteiger partial charge on any atom is 0.472 e. The van der Waals surface area contributed by atoms with Crippen LogP contribution >= 0.6 is 7.82 Å². The van der Waals surface area contributed by atoms with E-state index in [1.165, 1.54) is 88.9 Å². The van der Waals surface area contributed by atoms with Gasteiger partial charge >= 0.3 is 19.8 Å². The second-order valence-electron chi connectivity index (χ2n) is 15.2. The predicted molar refractivity (Wildman–Crippen MR) is 238 cm³/mol. The summed E-state index contributed by atoms with van der Waals surface area (Å²) in [5.41, 5.74) is 0. The van der Waals surface area contributed by atoms with Crippen molar-refractivity contribution in [1.82, 2.24) is 0 Å². The third-order valence-electron chi connectivity index (χ3n) is 9.16. The van der Waals surface area contributed by atoms with Crippen LogP contribution in [0.25, 0.3) is 0 Å². The highest BCUT2D eigenvalue weighted by Gasteiger charge is 2.27. The molecule has 0 aromatic heterocycles. The van der Waals surface area contributed by atoms with Gasteiger partial charge in [0.1, 0.15) is 12.7 Å². The van der Waals surface area contributed by atoms with Crippen molar-refractivity contribution in [2.45, 2.75) is 179 Å². The molecule has 0 spiro atoms. The lowest BCUT2D eigenvalue weighted by molar-refractivity contribution is -0.161. The molecule has 0 aromatic rings. The number of ether oxygens (including phenoxy) is 2. The summed E-state index contributed by atoms with van der Waals surface area (Å²) in [5.74, 6) is -1.34. The van der Waals surface area contributed by atoms with Crippen LogP contribution in [0.4, 0.5) is 0 Å². The summed E-state index contributed by atoms with van der Waals surface area (Å²) in [4.78, 5) is 35.1. The van der Waals surface area contributed by atoms with Crippen LogP contribution in [0.5, 0.6) is 0 Å². The highest BCUT2D eigenvalue weighted by atomic mass is 31.2. The molecule has 0 heterocycles. The first-order chi connectivity index (χ1) is 29.3. The zero-order valence-electron chi connectivity index (χ0n) is 36.8. The summed E-state index contributed by atoms with van der Waals surface area (Å²) in [6.45, 7) is 1.36. The van der Waals surface area contributed by atoms with E-state index in [1.807, 2.05) is 18.2 Å². The minimum absolute atomic E-state index is 0.0836. The molecule has 352 valence electrons. The zero-order valence-corrected chi connectivity index (χ0v) is 37.7. The predicted octanol–water partition coefficient (Wildman–Crippen LogP) is 7.55. The number of hydrogen-bond acceptors (Lipinski definition) is 13. The largest absolute Gasteiger partial charge is 0.472 e. The Balaban J connectivity index is 4.69. The molecule has 14 nitrogen and oxygen atoms in total. The van der Waals surface area contributed by atoms with Crippen LogP contribution in [0.3, 0.4) is 0 Å².